The zero-order valence-electron chi connectivity index (χ0n) is 13.8. The third-order valence-electron chi connectivity index (χ3n) is 3.22. The Labute approximate surface area is 172 Å². The molecule has 2 aromatic rings. The predicted octanol–water partition coefficient (Wildman–Crippen LogP) is 4.68. The standard InChI is InChI=1S/C17H14Br2ClNO5/c1-24-15-7-13(12(20)6-10(15)17(23)25-2)21-16(22)8-26-14-4-3-9(18)5-11(14)19/h3-7H,8H2,1-2H3,(H,21,22). The summed E-state index contributed by atoms with van der Waals surface area (Å²) >= 11 is 12.8. The summed E-state index contributed by atoms with van der Waals surface area (Å²) in [4.78, 5) is 23.9. The molecule has 26 heavy (non-hydrogen) atoms. The van der Waals surface area contributed by atoms with Crippen molar-refractivity contribution in [3.63, 3.8) is 0 Å². The first-order valence-corrected chi connectivity index (χ1v) is 9.15. The van der Waals surface area contributed by atoms with Gasteiger partial charge in [-0.1, -0.05) is 27.5 Å². The van der Waals surface area contributed by atoms with E-state index in [0.717, 1.165) is 4.47 Å². The summed E-state index contributed by atoms with van der Waals surface area (Å²) < 4.78 is 16.9. The van der Waals surface area contributed by atoms with Gasteiger partial charge in [0, 0.05) is 10.5 Å². The van der Waals surface area contributed by atoms with Gasteiger partial charge in [0.2, 0.25) is 0 Å². The second-order valence-corrected chi connectivity index (χ2v) is 7.11. The Balaban J connectivity index is 2.09. The second-order valence-electron chi connectivity index (χ2n) is 4.94. The van der Waals surface area contributed by atoms with Gasteiger partial charge in [-0.25, -0.2) is 4.79 Å². The van der Waals surface area contributed by atoms with Crippen LogP contribution in [-0.4, -0.2) is 32.7 Å². The largest absolute Gasteiger partial charge is 0.496 e. The van der Waals surface area contributed by atoms with Crippen LogP contribution in [0.3, 0.4) is 0 Å². The number of benzene rings is 2. The Morgan fingerprint density at radius 3 is 2.46 bits per heavy atom. The summed E-state index contributed by atoms with van der Waals surface area (Å²) in [6.45, 7) is -0.225. The van der Waals surface area contributed by atoms with E-state index in [1.54, 1.807) is 18.2 Å². The zero-order valence-corrected chi connectivity index (χ0v) is 17.7. The van der Waals surface area contributed by atoms with Gasteiger partial charge >= 0.3 is 5.97 Å². The van der Waals surface area contributed by atoms with Crippen molar-refractivity contribution in [1.29, 1.82) is 0 Å². The fourth-order valence-electron chi connectivity index (χ4n) is 2.01. The van der Waals surface area contributed by atoms with Crippen molar-refractivity contribution in [1.82, 2.24) is 0 Å². The Hall–Kier alpha value is -1.77. The molecule has 2 rings (SSSR count). The highest BCUT2D eigenvalue weighted by Gasteiger charge is 2.17. The Bertz CT molecular complexity index is 844. The minimum atomic E-state index is -0.593. The minimum Gasteiger partial charge on any atom is -0.496 e. The predicted molar refractivity (Wildman–Crippen MR) is 105 cm³/mol. The fraction of sp³-hybridized carbons (Fsp3) is 0.176. The molecule has 0 aliphatic rings. The van der Waals surface area contributed by atoms with E-state index in [-0.39, 0.29) is 22.9 Å². The maximum Gasteiger partial charge on any atom is 0.341 e. The molecule has 0 radical (unpaired) electrons. The summed E-state index contributed by atoms with van der Waals surface area (Å²) in [6.07, 6.45) is 0. The number of ether oxygens (including phenoxy) is 3. The summed E-state index contributed by atoms with van der Waals surface area (Å²) in [5.74, 6) is -0.263. The minimum absolute atomic E-state index is 0.160. The molecular weight excluding hydrogens is 493 g/mol. The molecule has 0 fully saturated rings. The molecule has 0 atom stereocenters. The molecule has 9 heteroatoms. The van der Waals surface area contributed by atoms with Gasteiger partial charge in [0.15, 0.2) is 6.61 Å². The fourth-order valence-corrected chi connectivity index (χ4v) is 3.38. The van der Waals surface area contributed by atoms with E-state index in [4.69, 9.17) is 21.1 Å². The van der Waals surface area contributed by atoms with Gasteiger partial charge in [-0.15, -0.1) is 0 Å². The van der Waals surface area contributed by atoms with Gasteiger partial charge in [0.1, 0.15) is 17.1 Å². The third-order valence-corrected chi connectivity index (χ3v) is 4.65. The first-order chi connectivity index (χ1) is 12.3. The van der Waals surface area contributed by atoms with Crippen LogP contribution in [0.1, 0.15) is 10.4 Å². The van der Waals surface area contributed by atoms with Gasteiger partial charge < -0.3 is 19.5 Å². The number of nitrogens with one attached hydrogen (secondary N) is 1. The quantitative estimate of drug-likeness (QED) is 0.575. The van der Waals surface area contributed by atoms with Crippen molar-refractivity contribution >= 4 is 61.0 Å². The first-order valence-electron chi connectivity index (χ1n) is 7.19. The normalized spacial score (nSPS) is 10.2. The summed E-state index contributed by atoms with van der Waals surface area (Å²) in [6, 6.07) is 8.14. The van der Waals surface area contributed by atoms with Crippen molar-refractivity contribution in [2.45, 2.75) is 0 Å². The average Bonchev–Trinajstić information content (AvgIpc) is 2.61. The van der Waals surface area contributed by atoms with Crippen LogP contribution in [-0.2, 0) is 9.53 Å². The molecule has 0 unspecified atom stereocenters. The number of hydrogen-bond acceptors (Lipinski definition) is 5. The van der Waals surface area contributed by atoms with E-state index in [9.17, 15) is 9.59 Å². The highest BCUT2D eigenvalue weighted by atomic mass is 79.9. The van der Waals surface area contributed by atoms with Gasteiger partial charge in [0.05, 0.1) is 29.4 Å². The van der Waals surface area contributed by atoms with Crippen LogP contribution in [0.5, 0.6) is 11.5 Å². The molecule has 0 saturated heterocycles. The van der Waals surface area contributed by atoms with Gasteiger partial charge in [-0.3, -0.25) is 4.79 Å². The highest BCUT2D eigenvalue weighted by molar-refractivity contribution is 9.11. The average molecular weight is 508 g/mol. The maximum absolute atomic E-state index is 12.1. The molecule has 0 aliphatic carbocycles. The number of esters is 1. The van der Waals surface area contributed by atoms with Crippen molar-refractivity contribution in [3.8, 4) is 11.5 Å². The molecule has 1 amide bonds. The van der Waals surface area contributed by atoms with Crippen molar-refractivity contribution in [2.24, 2.45) is 0 Å². The van der Waals surface area contributed by atoms with Crippen LogP contribution in [0.25, 0.3) is 0 Å². The smallest absolute Gasteiger partial charge is 0.341 e. The van der Waals surface area contributed by atoms with Crippen LogP contribution in [0.2, 0.25) is 5.02 Å². The number of amides is 1. The molecule has 0 spiro atoms. The molecule has 0 saturated carbocycles. The zero-order chi connectivity index (χ0) is 19.3. The number of methoxy groups -OCH3 is 2. The molecule has 0 heterocycles. The van der Waals surface area contributed by atoms with Gasteiger partial charge in [-0.05, 0) is 40.2 Å². The monoisotopic (exact) mass is 505 g/mol. The number of halogens is 3. The van der Waals surface area contributed by atoms with Crippen LogP contribution in [0.15, 0.2) is 39.3 Å². The summed E-state index contributed by atoms with van der Waals surface area (Å²) in [5.41, 5.74) is 0.452. The van der Waals surface area contributed by atoms with E-state index in [1.165, 1.54) is 26.4 Å². The lowest BCUT2D eigenvalue weighted by Gasteiger charge is -2.13. The SMILES string of the molecule is COC(=O)c1cc(Cl)c(NC(=O)COc2ccc(Br)cc2Br)cc1OC. The Kier molecular flexibility index (Phi) is 7.31. The Morgan fingerprint density at radius 2 is 1.85 bits per heavy atom. The van der Waals surface area contributed by atoms with E-state index in [0.29, 0.717) is 15.9 Å². The van der Waals surface area contributed by atoms with E-state index < -0.39 is 11.9 Å². The number of anilines is 1. The molecule has 1 N–H and O–H groups in total. The van der Waals surface area contributed by atoms with E-state index in [1.807, 2.05) is 0 Å². The van der Waals surface area contributed by atoms with Gasteiger partial charge in [-0.2, -0.15) is 0 Å². The summed E-state index contributed by atoms with van der Waals surface area (Å²) in [7, 11) is 2.65. The van der Waals surface area contributed by atoms with Crippen LogP contribution < -0.4 is 14.8 Å². The highest BCUT2D eigenvalue weighted by Crippen LogP contribution is 2.32. The number of carbonyl (C=O) groups excluding carboxylic acids is 2. The van der Waals surface area contributed by atoms with Crippen LogP contribution >= 0.6 is 43.5 Å². The van der Waals surface area contributed by atoms with Crippen molar-refractivity contribution < 1.29 is 23.8 Å². The number of carbonyl (C=O) groups is 2. The number of hydrogen-bond donors (Lipinski definition) is 1. The van der Waals surface area contributed by atoms with E-state index in [2.05, 4.69) is 41.9 Å². The summed E-state index contributed by atoms with van der Waals surface area (Å²) in [5, 5.41) is 2.79. The first kappa shape index (κ1) is 20.5. The molecule has 0 aromatic heterocycles. The third kappa shape index (κ3) is 5.12. The topological polar surface area (TPSA) is 73.9 Å². The Morgan fingerprint density at radius 1 is 1.12 bits per heavy atom. The number of rotatable bonds is 6. The lowest BCUT2D eigenvalue weighted by Crippen LogP contribution is -2.20. The van der Waals surface area contributed by atoms with Crippen molar-refractivity contribution in [3.05, 3.63) is 49.9 Å². The van der Waals surface area contributed by atoms with Gasteiger partial charge in [0.25, 0.3) is 5.91 Å². The molecule has 138 valence electrons. The molecule has 6 nitrogen and oxygen atoms in total. The van der Waals surface area contributed by atoms with Crippen LogP contribution in [0, 0.1) is 0 Å². The molecular formula is C17H14Br2ClNO5. The maximum atomic E-state index is 12.1. The second kappa shape index (κ2) is 9.25. The lowest BCUT2D eigenvalue weighted by molar-refractivity contribution is -0.118. The molecule has 0 bridgehead atoms. The lowest BCUT2D eigenvalue weighted by atomic mass is 10.1. The van der Waals surface area contributed by atoms with Crippen molar-refractivity contribution in [2.75, 3.05) is 26.1 Å². The molecule has 0 aliphatic heterocycles. The van der Waals surface area contributed by atoms with Crippen LogP contribution in [0.4, 0.5) is 5.69 Å². The molecule has 2 aromatic carbocycles. The van der Waals surface area contributed by atoms with E-state index >= 15 is 0 Å².